The highest BCUT2D eigenvalue weighted by Crippen LogP contribution is 2.31. The quantitative estimate of drug-likeness (QED) is 0.709. The summed E-state index contributed by atoms with van der Waals surface area (Å²) in [6, 6.07) is 8.22. The van der Waals surface area contributed by atoms with Gasteiger partial charge in [-0.05, 0) is 22.4 Å². The maximum absolute atomic E-state index is 6.22. The van der Waals surface area contributed by atoms with Gasteiger partial charge in [0.1, 0.15) is 0 Å². The van der Waals surface area contributed by atoms with Crippen molar-refractivity contribution in [2.24, 2.45) is 5.73 Å². The summed E-state index contributed by atoms with van der Waals surface area (Å²) in [5.41, 5.74) is 8.40. The van der Waals surface area contributed by atoms with Gasteiger partial charge in [-0.15, -0.1) is 11.3 Å². The number of hydrogen-bond donors (Lipinski definition) is 2. The fraction of sp³-hybridized carbons (Fsp3) is 0.0833. The van der Waals surface area contributed by atoms with E-state index in [1.165, 1.54) is 15.6 Å². The fourth-order valence-corrected chi connectivity index (χ4v) is 2.85. The Balaban J connectivity index is 2.12. The Bertz CT molecular complexity index is 598. The number of rotatable bonds is 2. The summed E-state index contributed by atoms with van der Waals surface area (Å²) in [7, 11) is 0. The molecule has 3 rings (SSSR count). The first-order valence-corrected chi connectivity index (χ1v) is 5.94. The monoisotopic (exact) mass is 229 g/mol. The molecule has 0 saturated heterocycles. The second-order valence-electron chi connectivity index (χ2n) is 3.70. The number of nitrogens with one attached hydrogen (secondary N) is 1. The van der Waals surface area contributed by atoms with Gasteiger partial charge in [0.2, 0.25) is 0 Å². The first kappa shape index (κ1) is 9.57. The Hall–Kier alpha value is -1.65. The number of aromatic amines is 1. The number of nitrogens with zero attached hydrogens (tertiary/aromatic N) is 1. The number of nitrogens with two attached hydrogens (primary N) is 1. The molecule has 0 aliphatic rings. The average Bonchev–Trinajstić information content (AvgIpc) is 2.98. The molecule has 3 nitrogen and oxygen atoms in total. The number of hydrogen-bond acceptors (Lipinski definition) is 3. The molecule has 0 radical (unpaired) electrons. The van der Waals surface area contributed by atoms with Crippen LogP contribution in [0.2, 0.25) is 0 Å². The Kier molecular flexibility index (Phi) is 2.23. The zero-order valence-electron chi connectivity index (χ0n) is 8.55. The topological polar surface area (TPSA) is 54.7 Å². The van der Waals surface area contributed by atoms with Gasteiger partial charge >= 0.3 is 0 Å². The van der Waals surface area contributed by atoms with Crippen molar-refractivity contribution in [2.75, 3.05) is 0 Å². The summed E-state index contributed by atoms with van der Waals surface area (Å²) in [6.07, 6.45) is 3.62. The molecule has 2 aromatic heterocycles. The molecule has 0 bridgehead atoms. The van der Waals surface area contributed by atoms with Crippen molar-refractivity contribution >= 4 is 21.4 Å². The van der Waals surface area contributed by atoms with Gasteiger partial charge in [0.15, 0.2) is 0 Å². The van der Waals surface area contributed by atoms with E-state index in [1.54, 1.807) is 17.5 Å². The molecule has 4 heteroatoms. The largest absolute Gasteiger partial charge is 0.320 e. The van der Waals surface area contributed by atoms with Crippen molar-refractivity contribution in [3.63, 3.8) is 0 Å². The summed E-state index contributed by atoms with van der Waals surface area (Å²) in [6.45, 7) is 0. The van der Waals surface area contributed by atoms with E-state index >= 15 is 0 Å². The lowest BCUT2D eigenvalue weighted by atomic mass is 10.0. The van der Waals surface area contributed by atoms with E-state index in [0.29, 0.717) is 0 Å². The van der Waals surface area contributed by atoms with E-state index in [9.17, 15) is 0 Å². The molecular weight excluding hydrogens is 218 g/mol. The molecule has 1 unspecified atom stereocenters. The summed E-state index contributed by atoms with van der Waals surface area (Å²) in [4.78, 5) is 0. The van der Waals surface area contributed by atoms with Crippen LogP contribution in [-0.4, -0.2) is 10.2 Å². The zero-order valence-corrected chi connectivity index (χ0v) is 9.37. The van der Waals surface area contributed by atoms with Crippen LogP contribution in [0, 0.1) is 0 Å². The van der Waals surface area contributed by atoms with Crippen molar-refractivity contribution in [1.29, 1.82) is 0 Å². The van der Waals surface area contributed by atoms with Crippen LogP contribution in [-0.2, 0) is 0 Å². The minimum atomic E-state index is -0.102. The van der Waals surface area contributed by atoms with E-state index in [0.717, 1.165) is 5.56 Å². The highest BCUT2D eigenvalue weighted by Gasteiger charge is 2.14. The van der Waals surface area contributed by atoms with Crippen LogP contribution in [0.4, 0.5) is 0 Å². The van der Waals surface area contributed by atoms with Gasteiger partial charge in [0, 0.05) is 16.5 Å². The van der Waals surface area contributed by atoms with Crippen LogP contribution in [0.25, 0.3) is 10.1 Å². The molecule has 0 fully saturated rings. The molecule has 1 aromatic carbocycles. The summed E-state index contributed by atoms with van der Waals surface area (Å²) < 4.78 is 1.27. The molecule has 1 atom stereocenters. The number of thiophene rings is 1. The Morgan fingerprint density at radius 2 is 2.19 bits per heavy atom. The molecule has 2 heterocycles. The van der Waals surface area contributed by atoms with Crippen LogP contribution < -0.4 is 5.73 Å². The molecule has 0 aliphatic carbocycles. The summed E-state index contributed by atoms with van der Waals surface area (Å²) in [5, 5.41) is 10.1. The van der Waals surface area contributed by atoms with Gasteiger partial charge in [0.05, 0.1) is 12.2 Å². The molecule has 0 saturated carbocycles. The van der Waals surface area contributed by atoms with Gasteiger partial charge < -0.3 is 5.73 Å². The lowest BCUT2D eigenvalue weighted by molar-refractivity contribution is 0.886. The highest BCUT2D eigenvalue weighted by atomic mass is 32.1. The third-order valence-corrected chi connectivity index (χ3v) is 3.71. The number of fused-ring (bicyclic) bond motifs is 1. The summed E-state index contributed by atoms with van der Waals surface area (Å²) >= 11 is 1.73. The van der Waals surface area contributed by atoms with E-state index in [-0.39, 0.29) is 6.04 Å². The standard InChI is InChI=1S/C12H11N3S/c13-12(8-5-14-15-6-8)10-7-16-11-4-2-1-3-9(10)11/h1-7,12H,13H2,(H,14,15). The van der Waals surface area contributed by atoms with E-state index < -0.39 is 0 Å². The Morgan fingerprint density at radius 3 is 3.00 bits per heavy atom. The molecule has 0 amide bonds. The minimum Gasteiger partial charge on any atom is -0.320 e. The predicted octanol–water partition coefficient (Wildman–Crippen LogP) is 2.67. The van der Waals surface area contributed by atoms with Crippen molar-refractivity contribution in [3.05, 3.63) is 53.2 Å². The second kappa shape index (κ2) is 3.73. The SMILES string of the molecule is NC(c1cn[nH]c1)c1csc2ccccc12. The molecule has 16 heavy (non-hydrogen) atoms. The van der Waals surface area contributed by atoms with Crippen molar-refractivity contribution in [3.8, 4) is 0 Å². The van der Waals surface area contributed by atoms with Crippen molar-refractivity contribution in [2.45, 2.75) is 6.04 Å². The highest BCUT2D eigenvalue weighted by molar-refractivity contribution is 7.17. The van der Waals surface area contributed by atoms with Crippen LogP contribution >= 0.6 is 11.3 Å². The molecule has 3 aromatic rings. The Morgan fingerprint density at radius 1 is 1.31 bits per heavy atom. The van der Waals surface area contributed by atoms with Gasteiger partial charge in [0.25, 0.3) is 0 Å². The normalized spacial score (nSPS) is 13.1. The van der Waals surface area contributed by atoms with Crippen LogP contribution in [0.1, 0.15) is 17.2 Å². The Labute approximate surface area is 96.9 Å². The lowest BCUT2D eigenvalue weighted by Crippen LogP contribution is -2.10. The number of H-pyrrole nitrogens is 1. The van der Waals surface area contributed by atoms with Crippen molar-refractivity contribution < 1.29 is 0 Å². The van der Waals surface area contributed by atoms with Crippen molar-refractivity contribution in [1.82, 2.24) is 10.2 Å². The first-order valence-electron chi connectivity index (χ1n) is 5.06. The van der Waals surface area contributed by atoms with Crippen LogP contribution in [0.5, 0.6) is 0 Å². The first-order chi connectivity index (χ1) is 7.86. The lowest BCUT2D eigenvalue weighted by Gasteiger charge is -2.07. The van der Waals surface area contributed by atoms with Gasteiger partial charge in [-0.2, -0.15) is 5.10 Å². The smallest absolute Gasteiger partial charge is 0.0597 e. The maximum Gasteiger partial charge on any atom is 0.0597 e. The molecule has 0 spiro atoms. The van der Waals surface area contributed by atoms with Gasteiger partial charge in [-0.3, -0.25) is 5.10 Å². The fourth-order valence-electron chi connectivity index (χ4n) is 1.85. The third-order valence-electron chi connectivity index (χ3n) is 2.72. The average molecular weight is 229 g/mol. The van der Waals surface area contributed by atoms with E-state index in [1.807, 2.05) is 18.3 Å². The predicted molar refractivity (Wildman–Crippen MR) is 66.4 cm³/mol. The van der Waals surface area contributed by atoms with E-state index in [4.69, 9.17) is 5.73 Å². The third kappa shape index (κ3) is 1.43. The second-order valence-corrected chi connectivity index (χ2v) is 4.61. The molecule has 0 aliphatic heterocycles. The summed E-state index contributed by atoms with van der Waals surface area (Å²) in [5.74, 6) is 0. The van der Waals surface area contributed by atoms with E-state index in [2.05, 4.69) is 27.7 Å². The van der Waals surface area contributed by atoms with Gasteiger partial charge in [-0.1, -0.05) is 18.2 Å². The van der Waals surface area contributed by atoms with Crippen LogP contribution in [0.3, 0.4) is 0 Å². The molecule has 80 valence electrons. The zero-order chi connectivity index (χ0) is 11.0. The van der Waals surface area contributed by atoms with Gasteiger partial charge in [-0.25, -0.2) is 0 Å². The number of benzene rings is 1. The van der Waals surface area contributed by atoms with Crippen LogP contribution in [0.15, 0.2) is 42.0 Å². The molecular formula is C12H11N3S. The molecule has 3 N–H and O–H groups in total. The maximum atomic E-state index is 6.22. The minimum absolute atomic E-state index is 0.102. The number of aromatic nitrogens is 2.